The standard InChI is InChI=1S/C20H27NO5/c1-13-6-4-5-7-16(13)21-20(24)14(2)26-19(23)11-9-15-8-10-17(22)18(12-15)25-3/h8-14,16,22H,4-7H2,1-3H3,(H,21,24)/b11-9+/t13-,14-,16-/m1/s1. The van der Waals surface area contributed by atoms with E-state index >= 15 is 0 Å². The number of methoxy groups -OCH3 is 1. The molecule has 0 spiro atoms. The number of hydrogen-bond acceptors (Lipinski definition) is 5. The van der Waals surface area contributed by atoms with E-state index in [9.17, 15) is 14.7 Å². The summed E-state index contributed by atoms with van der Waals surface area (Å²) in [4.78, 5) is 24.2. The maximum absolute atomic E-state index is 12.2. The number of benzene rings is 1. The molecule has 6 nitrogen and oxygen atoms in total. The van der Waals surface area contributed by atoms with Crippen molar-refractivity contribution in [2.75, 3.05) is 7.11 Å². The Labute approximate surface area is 154 Å². The number of nitrogens with one attached hydrogen (secondary N) is 1. The van der Waals surface area contributed by atoms with Crippen LogP contribution in [0.1, 0.15) is 45.1 Å². The number of ether oxygens (including phenoxy) is 2. The zero-order valence-corrected chi connectivity index (χ0v) is 15.5. The summed E-state index contributed by atoms with van der Waals surface area (Å²) >= 11 is 0. The van der Waals surface area contributed by atoms with Crippen LogP contribution in [0.2, 0.25) is 0 Å². The highest BCUT2D eigenvalue weighted by molar-refractivity contribution is 5.90. The molecule has 0 bridgehead atoms. The lowest BCUT2D eigenvalue weighted by molar-refractivity contribution is -0.150. The summed E-state index contributed by atoms with van der Waals surface area (Å²) in [5.74, 6) is -0.0857. The molecule has 0 radical (unpaired) electrons. The first kappa shape index (κ1) is 19.8. The first-order valence-electron chi connectivity index (χ1n) is 8.96. The van der Waals surface area contributed by atoms with Crippen LogP contribution in [0.25, 0.3) is 6.08 Å². The third kappa shape index (κ3) is 5.51. The monoisotopic (exact) mass is 361 g/mol. The van der Waals surface area contributed by atoms with E-state index < -0.39 is 12.1 Å². The van der Waals surface area contributed by atoms with Gasteiger partial charge in [-0.1, -0.05) is 25.8 Å². The third-order valence-corrected chi connectivity index (χ3v) is 4.72. The van der Waals surface area contributed by atoms with Crippen LogP contribution in [0.5, 0.6) is 11.5 Å². The predicted molar refractivity (Wildman–Crippen MR) is 98.8 cm³/mol. The lowest BCUT2D eigenvalue weighted by Crippen LogP contribution is -2.45. The molecule has 0 aliphatic heterocycles. The van der Waals surface area contributed by atoms with Gasteiger partial charge in [-0.25, -0.2) is 4.79 Å². The second-order valence-corrected chi connectivity index (χ2v) is 6.72. The van der Waals surface area contributed by atoms with E-state index in [4.69, 9.17) is 9.47 Å². The quantitative estimate of drug-likeness (QED) is 0.601. The first-order chi connectivity index (χ1) is 12.4. The Hall–Kier alpha value is -2.50. The molecule has 6 heteroatoms. The second kappa shape index (κ2) is 9.27. The van der Waals surface area contributed by atoms with Gasteiger partial charge in [0, 0.05) is 12.1 Å². The predicted octanol–water partition coefficient (Wildman–Crippen LogP) is 3.04. The van der Waals surface area contributed by atoms with Crippen molar-refractivity contribution in [1.29, 1.82) is 0 Å². The molecular formula is C20H27NO5. The minimum absolute atomic E-state index is 0.0226. The van der Waals surface area contributed by atoms with Crippen molar-refractivity contribution in [3.05, 3.63) is 29.8 Å². The van der Waals surface area contributed by atoms with E-state index in [2.05, 4.69) is 12.2 Å². The molecule has 142 valence electrons. The summed E-state index contributed by atoms with van der Waals surface area (Å²) in [6, 6.07) is 4.87. The highest BCUT2D eigenvalue weighted by Gasteiger charge is 2.25. The zero-order chi connectivity index (χ0) is 19.1. The number of phenolic OH excluding ortho intramolecular Hbond substituents is 1. The molecule has 1 saturated carbocycles. The van der Waals surface area contributed by atoms with Gasteiger partial charge in [0.2, 0.25) is 0 Å². The number of carbonyl (C=O) groups excluding carboxylic acids is 2. The van der Waals surface area contributed by atoms with Crippen molar-refractivity contribution >= 4 is 18.0 Å². The molecule has 1 aromatic rings. The molecule has 1 aliphatic carbocycles. The Morgan fingerprint density at radius 2 is 2.04 bits per heavy atom. The summed E-state index contributed by atoms with van der Waals surface area (Å²) in [5.41, 5.74) is 0.671. The maximum Gasteiger partial charge on any atom is 0.331 e. The van der Waals surface area contributed by atoms with Crippen LogP contribution in [0.4, 0.5) is 0 Å². The minimum atomic E-state index is -0.851. The Kier molecular flexibility index (Phi) is 7.06. The molecule has 1 amide bonds. The summed E-state index contributed by atoms with van der Waals surface area (Å²) in [6.45, 7) is 3.70. The molecule has 26 heavy (non-hydrogen) atoms. The molecule has 0 aromatic heterocycles. The number of rotatable bonds is 6. The molecule has 1 aliphatic rings. The maximum atomic E-state index is 12.2. The van der Waals surface area contributed by atoms with Crippen LogP contribution in [-0.4, -0.2) is 36.2 Å². The van der Waals surface area contributed by atoms with Crippen molar-refractivity contribution in [3.63, 3.8) is 0 Å². The van der Waals surface area contributed by atoms with Crippen LogP contribution in [0, 0.1) is 5.92 Å². The van der Waals surface area contributed by atoms with Gasteiger partial charge in [-0.15, -0.1) is 0 Å². The van der Waals surface area contributed by atoms with Crippen LogP contribution in [0.15, 0.2) is 24.3 Å². The van der Waals surface area contributed by atoms with Gasteiger partial charge >= 0.3 is 5.97 Å². The highest BCUT2D eigenvalue weighted by atomic mass is 16.5. The van der Waals surface area contributed by atoms with Gasteiger partial charge < -0.3 is 19.9 Å². The fraction of sp³-hybridized carbons (Fsp3) is 0.500. The number of hydrogen-bond donors (Lipinski definition) is 2. The van der Waals surface area contributed by atoms with Gasteiger partial charge in [0.05, 0.1) is 7.11 Å². The molecule has 2 N–H and O–H groups in total. The molecule has 1 aromatic carbocycles. The molecule has 0 saturated heterocycles. The Balaban J connectivity index is 1.87. The molecule has 0 unspecified atom stereocenters. The van der Waals surface area contributed by atoms with Crippen molar-refractivity contribution in [3.8, 4) is 11.5 Å². The number of aromatic hydroxyl groups is 1. The van der Waals surface area contributed by atoms with Crippen molar-refractivity contribution in [1.82, 2.24) is 5.32 Å². The lowest BCUT2D eigenvalue weighted by atomic mass is 9.86. The highest BCUT2D eigenvalue weighted by Crippen LogP contribution is 2.27. The van der Waals surface area contributed by atoms with Crippen molar-refractivity contribution in [2.45, 2.75) is 51.7 Å². The first-order valence-corrected chi connectivity index (χ1v) is 8.96. The van der Waals surface area contributed by atoms with E-state index in [-0.39, 0.29) is 17.7 Å². The van der Waals surface area contributed by atoms with Gasteiger partial charge in [-0.05, 0) is 49.5 Å². The smallest absolute Gasteiger partial charge is 0.331 e. The van der Waals surface area contributed by atoms with Gasteiger partial charge in [0.25, 0.3) is 5.91 Å². The molecule has 1 fully saturated rings. The second-order valence-electron chi connectivity index (χ2n) is 6.72. The SMILES string of the molecule is COc1cc(/C=C/C(=O)O[C@H](C)C(=O)N[C@@H]2CCCC[C@H]2C)ccc1O. The minimum Gasteiger partial charge on any atom is -0.504 e. The molecule has 2 rings (SSSR count). The Bertz CT molecular complexity index is 670. The van der Waals surface area contributed by atoms with E-state index in [1.165, 1.54) is 31.7 Å². The molecule has 3 atom stereocenters. The number of amides is 1. The van der Waals surface area contributed by atoms with Gasteiger partial charge in [0.15, 0.2) is 17.6 Å². The van der Waals surface area contributed by atoms with Crippen molar-refractivity contribution in [2.24, 2.45) is 5.92 Å². The van der Waals surface area contributed by atoms with Crippen LogP contribution >= 0.6 is 0 Å². The average Bonchev–Trinajstić information content (AvgIpc) is 2.62. The summed E-state index contributed by atoms with van der Waals surface area (Å²) in [7, 11) is 1.45. The summed E-state index contributed by atoms with van der Waals surface area (Å²) in [5, 5.41) is 12.5. The number of phenols is 1. The molecular weight excluding hydrogens is 334 g/mol. The third-order valence-electron chi connectivity index (χ3n) is 4.72. The fourth-order valence-corrected chi connectivity index (χ4v) is 3.06. The van der Waals surface area contributed by atoms with Gasteiger partial charge in [-0.3, -0.25) is 4.79 Å². The summed E-state index contributed by atoms with van der Waals surface area (Å²) < 4.78 is 10.2. The van der Waals surface area contributed by atoms with E-state index in [1.807, 2.05) is 0 Å². The Morgan fingerprint density at radius 1 is 1.31 bits per heavy atom. The fourth-order valence-electron chi connectivity index (χ4n) is 3.06. The van der Waals surface area contributed by atoms with Crippen LogP contribution in [0.3, 0.4) is 0 Å². The van der Waals surface area contributed by atoms with E-state index in [0.717, 1.165) is 19.3 Å². The van der Waals surface area contributed by atoms with Crippen LogP contribution in [-0.2, 0) is 14.3 Å². The summed E-state index contributed by atoms with van der Waals surface area (Å²) in [6.07, 6.45) is 6.33. The van der Waals surface area contributed by atoms with Crippen molar-refractivity contribution < 1.29 is 24.2 Å². The number of esters is 1. The van der Waals surface area contributed by atoms with Gasteiger partial charge in [-0.2, -0.15) is 0 Å². The van der Waals surface area contributed by atoms with E-state index in [0.29, 0.717) is 17.2 Å². The molecule has 0 heterocycles. The van der Waals surface area contributed by atoms with E-state index in [1.54, 1.807) is 19.1 Å². The normalized spacial score (nSPS) is 21.2. The van der Waals surface area contributed by atoms with Gasteiger partial charge in [0.1, 0.15) is 0 Å². The zero-order valence-electron chi connectivity index (χ0n) is 15.5. The lowest BCUT2D eigenvalue weighted by Gasteiger charge is -2.30. The number of carbonyl (C=O) groups is 2. The van der Waals surface area contributed by atoms with Crippen LogP contribution < -0.4 is 10.1 Å². The Morgan fingerprint density at radius 3 is 2.73 bits per heavy atom. The largest absolute Gasteiger partial charge is 0.504 e. The average molecular weight is 361 g/mol. The topological polar surface area (TPSA) is 84.9 Å².